The molecule has 1 N–H and O–H groups in total. The van der Waals surface area contributed by atoms with Crippen LogP contribution < -0.4 is 14.8 Å². The van der Waals surface area contributed by atoms with Gasteiger partial charge in [-0.25, -0.2) is 0 Å². The Hall–Kier alpha value is -3.01. The molecular formula is C21H21NO3. The lowest BCUT2D eigenvalue weighted by molar-refractivity contribution is -0.127. The number of nitrogens with one attached hydrogen (secondary N) is 1. The highest BCUT2D eigenvalue weighted by Crippen LogP contribution is 2.20. The van der Waals surface area contributed by atoms with Crippen LogP contribution in [0.2, 0.25) is 0 Å². The zero-order valence-corrected chi connectivity index (χ0v) is 14.4. The van der Waals surface area contributed by atoms with Gasteiger partial charge < -0.3 is 14.8 Å². The molecule has 0 fully saturated rings. The SMILES string of the molecule is COc1cccc(OC(C)C(=O)NCc2ccc3ccccc3c2)c1. The van der Waals surface area contributed by atoms with E-state index >= 15 is 0 Å². The fraction of sp³-hybridized carbons (Fsp3) is 0.190. The third kappa shape index (κ3) is 4.29. The van der Waals surface area contributed by atoms with Crippen LogP contribution in [0.25, 0.3) is 10.8 Å². The van der Waals surface area contributed by atoms with E-state index in [1.807, 2.05) is 30.3 Å². The molecule has 0 bridgehead atoms. The Kier molecular flexibility index (Phi) is 5.19. The molecule has 0 saturated carbocycles. The maximum absolute atomic E-state index is 12.3. The molecule has 3 aromatic rings. The van der Waals surface area contributed by atoms with Gasteiger partial charge in [-0.05, 0) is 41.5 Å². The van der Waals surface area contributed by atoms with Gasteiger partial charge in [0.2, 0.25) is 0 Å². The average molecular weight is 335 g/mol. The lowest BCUT2D eigenvalue weighted by Gasteiger charge is -2.15. The summed E-state index contributed by atoms with van der Waals surface area (Å²) in [6, 6.07) is 21.5. The summed E-state index contributed by atoms with van der Waals surface area (Å²) >= 11 is 0. The molecule has 1 unspecified atom stereocenters. The number of benzene rings is 3. The number of methoxy groups -OCH3 is 1. The Morgan fingerprint density at radius 1 is 0.960 bits per heavy atom. The predicted molar refractivity (Wildman–Crippen MR) is 98.9 cm³/mol. The van der Waals surface area contributed by atoms with Crippen LogP contribution in [0.15, 0.2) is 66.7 Å². The van der Waals surface area contributed by atoms with E-state index in [-0.39, 0.29) is 5.91 Å². The van der Waals surface area contributed by atoms with E-state index in [0.717, 1.165) is 10.9 Å². The van der Waals surface area contributed by atoms with Crippen LogP contribution in [-0.2, 0) is 11.3 Å². The third-order valence-electron chi connectivity index (χ3n) is 4.00. The summed E-state index contributed by atoms with van der Waals surface area (Å²) in [5.41, 5.74) is 1.06. The highest BCUT2D eigenvalue weighted by molar-refractivity contribution is 5.83. The van der Waals surface area contributed by atoms with Gasteiger partial charge in [0.15, 0.2) is 6.10 Å². The minimum absolute atomic E-state index is 0.157. The van der Waals surface area contributed by atoms with Crippen molar-refractivity contribution in [3.05, 3.63) is 72.3 Å². The topological polar surface area (TPSA) is 47.6 Å². The van der Waals surface area contributed by atoms with Crippen molar-refractivity contribution in [2.45, 2.75) is 19.6 Å². The molecule has 4 nitrogen and oxygen atoms in total. The molecule has 0 aliphatic rings. The van der Waals surface area contributed by atoms with Gasteiger partial charge in [-0.15, -0.1) is 0 Å². The molecule has 0 saturated heterocycles. The second kappa shape index (κ2) is 7.71. The van der Waals surface area contributed by atoms with Crippen molar-refractivity contribution in [1.82, 2.24) is 5.32 Å². The monoisotopic (exact) mass is 335 g/mol. The van der Waals surface area contributed by atoms with Gasteiger partial charge in [0.1, 0.15) is 11.5 Å². The van der Waals surface area contributed by atoms with Crippen LogP contribution in [0.4, 0.5) is 0 Å². The standard InChI is InChI=1S/C21H21NO3/c1-15(25-20-9-5-8-19(13-20)24-2)21(23)22-14-16-10-11-17-6-3-4-7-18(17)12-16/h3-13,15H,14H2,1-2H3,(H,22,23). The summed E-state index contributed by atoms with van der Waals surface area (Å²) in [6.45, 7) is 2.20. The fourth-order valence-electron chi connectivity index (χ4n) is 2.61. The van der Waals surface area contributed by atoms with Crippen molar-refractivity contribution in [3.63, 3.8) is 0 Å². The minimum Gasteiger partial charge on any atom is -0.497 e. The molecule has 25 heavy (non-hydrogen) atoms. The van der Waals surface area contributed by atoms with Crippen molar-refractivity contribution in [2.75, 3.05) is 7.11 Å². The van der Waals surface area contributed by atoms with Gasteiger partial charge in [0, 0.05) is 12.6 Å². The van der Waals surface area contributed by atoms with Crippen molar-refractivity contribution in [2.24, 2.45) is 0 Å². The van der Waals surface area contributed by atoms with Crippen LogP contribution in [-0.4, -0.2) is 19.1 Å². The largest absolute Gasteiger partial charge is 0.497 e. The van der Waals surface area contributed by atoms with Crippen molar-refractivity contribution >= 4 is 16.7 Å². The van der Waals surface area contributed by atoms with Gasteiger partial charge in [0.25, 0.3) is 5.91 Å². The molecule has 0 spiro atoms. The molecule has 0 heterocycles. The lowest BCUT2D eigenvalue weighted by atomic mass is 10.1. The Balaban J connectivity index is 1.58. The van der Waals surface area contributed by atoms with Crippen molar-refractivity contribution in [1.29, 1.82) is 0 Å². The molecule has 3 aromatic carbocycles. The molecule has 0 aliphatic heterocycles. The number of carbonyl (C=O) groups is 1. The van der Waals surface area contributed by atoms with Gasteiger partial charge in [-0.3, -0.25) is 4.79 Å². The maximum Gasteiger partial charge on any atom is 0.261 e. The van der Waals surface area contributed by atoms with Crippen LogP contribution in [0, 0.1) is 0 Å². The first-order valence-electron chi connectivity index (χ1n) is 8.22. The molecule has 1 atom stereocenters. The van der Waals surface area contributed by atoms with E-state index < -0.39 is 6.10 Å². The average Bonchev–Trinajstić information content (AvgIpc) is 2.66. The van der Waals surface area contributed by atoms with Gasteiger partial charge in [-0.2, -0.15) is 0 Å². The van der Waals surface area contributed by atoms with E-state index in [1.165, 1.54) is 5.39 Å². The number of carbonyl (C=O) groups excluding carboxylic acids is 1. The Bertz CT molecular complexity index is 876. The second-order valence-electron chi connectivity index (χ2n) is 5.84. The van der Waals surface area contributed by atoms with Gasteiger partial charge in [-0.1, -0.05) is 42.5 Å². The summed E-state index contributed by atoms with van der Waals surface area (Å²) in [4.78, 5) is 12.3. The fourth-order valence-corrected chi connectivity index (χ4v) is 2.61. The number of amides is 1. The number of hydrogen-bond donors (Lipinski definition) is 1. The highest BCUT2D eigenvalue weighted by atomic mass is 16.5. The molecule has 3 rings (SSSR count). The van der Waals surface area contributed by atoms with E-state index in [0.29, 0.717) is 18.0 Å². The first kappa shape index (κ1) is 16.8. The van der Waals surface area contributed by atoms with E-state index in [2.05, 4.69) is 29.6 Å². The number of hydrogen-bond acceptors (Lipinski definition) is 3. The predicted octanol–water partition coefficient (Wildman–Crippen LogP) is 3.93. The number of fused-ring (bicyclic) bond motifs is 1. The van der Waals surface area contributed by atoms with Crippen LogP contribution in [0.5, 0.6) is 11.5 Å². The number of ether oxygens (including phenoxy) is 2. The van der Waals surface area contributed by atoms with Crippen molar-refractivity contribution < 1.29 is 14.3 Å². The molecular weight excluding hydrogens is 314 g/mol. The van der Waals surface area contributed by atoms with Gasteiger partial charge >= 0.3 is 0 Å². The summed E-state index contributed by atoms with van der Waals surface area (Å²) in [5.74, 6) is 1.14. The van der Waals surface area contributed by atoms with Crippen LogP contribution in [0.3, 0.4) is 0 Å². The van der Waals surface area contributed by atoms with E-state index in [4.69, 9.17) is 9.47 Å². The summed E-state index contributed by atoms with van der Waals surface area (Å²) in [7, 11) is 1.60. The van der Waals surface area contributed by atoms with Crippen molar-refractivity contribution in [3.8, 4) is 11.5 Å². The Labute approximate surface area is 147 Å². The first-order chi connectivity index (χ1) is 12.2. The normalized spacial score (nSPS) is 11.8. The van der Waals surface area contributed by atoms with Gasteiger partial charge in [0.05, 0.1) is 7.11 Å². The molecule has 128 valence electrons. The molecule has 0 aliphatic carbocycles. The summed E-state index contributed by atoms with van der Waals surface area (Å²) in [5, 5.41) is 5.27. The van der Waals surface area contributed by atoms with E-state index in [9.17, 15) is 4.79 Å². The summed E-state index contributed by atoms with van der Waals surface area (Å²) < 4.78 is 10.8. The zero-order chi connectivity index (χ0) is 17.6. The molecule has 0 radical (unpaired) electrons. The Morgan fingerprint density at radius 2 is 1.72 bits per heavy atom. The quantitative estimate of drug-likeness (QED) is 0.742. The second-order valence-corrected chi connectivity index (χ2v) is 5.84. The molecule has 4 heteroatoms. The Morgan fingerprint density at radius 3 is 2.52 bits per heavy atom. The van der Waals surface area contributed by atoms with Crippen LogP contribution in [0.1, 0.15) is 12.5 Å². The maximum atomic E-state index is 12.3. The van der Waals surface area contributed by atoms with E-state index in [1.54, 1.807) is 26.2 Å². The highest BCUT2D eigenvalue weighted by Gasteiger charge is 2.14. The first-order valence-corrected chi connectivity index (χ1v) is 8.22. The third-order valence-corrected chi connectivity index (χ3v) is 4.00. The number of rotatable bonds is 6. The molecule has 1 amide bonds. The minimum atomic E-state index is -0.590. The molecule has 0 aromatic heterocycles. The van der Waals surface area contributed by atoms with Crippen LogP contribution >= 0.6 is 0 Å². The smallest absolute Gasteiger partial charge is 0.261 e. The summed E-state index contributed by atoms with van der Waals surface area (Å²) in [6.07, 6.45) is -0.590. The lowest BCUT2D eigenvalue weighted by Crippen LogP contribution is -2.35. The zero-order valence-electron chi connectivity index (χ0n) is 14.4.